The maximum atomic E-state index is 14.1. The number of sulfonamides is 1. The molecule has 182 valence electrons. The van der Waals surface area contributed by atoms with Gasteiger partial charge in [0.25, 0.3) is 5.91 Å². The van der Waals surface area contributed by atoms with Crippen molar-refractivity contribution in [3.05, 3.63) is 11.6 Å². The number of hydrogen-bond acceptors (Lipinski definition) is 5. The Hall–Kier alpha value is -0.486. The van der Waals surface area contributed by atoms with Crippen molar-refractivity contribution >= 4 is 32.6 Å². The van der Waals surface area contributed by atoms with Crippen molar-refractivity contribution in [1.29, 1.82) is 0 Å². The lowest BCUT2D eigenvalue weighted by molar-refractivity contribution is -0.185. The highest BCUT2D eigenvalue weighted by atomic mass is 32.2. The van der Waals surface area contributed by atoms with E-state index in [0.29, 0.717) is 11.5 Å². The molecule has 32 heavy (non-hydrogen) atoms. The molecule has 1 aliphatic heterocycles. The lowest BCUT2D eigenvalue weighted by Crippen LogP contribution is -2.66. The van der Waals surface area contributed by atoms with E-state index < -0.39 is 43.8 Å². The third kappa shape index (κ3) is 3.21. The summed E-state index contributed by atoms with van der Waals surface area (Å²) < 4.78 is 41.6. The predicted molar refractivity (Wildman–Crippen MR) is 131 cm³/mol. The normalized spacial score (nSPS) is 35.9. The van der Waals surface area contributed by atoms with Gasteiger partial charge in [0.05, 0.1) is 17.4 Å². The van der Waals surface area contributed by atoms with Gasteiger partial charge in [-0.05, 0) is 69.9 Å². The third-order valence-corrected chi connectivity index (χ3v) is 12.1. The number of carbonyl (C=O) groups excluding carboxylic acids is 1. The number of carbonyl (C=O) groups is 1. The van der Waals surface area contributed by atoms with Gasteiger partial charge in [0.15, 0.2) is 22.4 Å². The molecular weight excluding hydrogens is 458 g/mol. The zero-order valence-corrected chi connectivity index (χ0v) is 24.3. The maximum Gasteiger partial charge on any atom is 0.268 e. The summed E-state index contributed by atoms with van der Waals surface area (Å²) >= 11 is 0. The number of nitrogens with zero attached hydrogens (tertiary/aromatic N) is 1. The summed E-state index contributed by atoms with van der Waals surface area (Å²) in [5.41, 5.74) is -0.552. The molecule has 2 saturated carbocycles. The molecule has 0 aromatic rings. The lowest BCUT2D eigenvalue weighted by atomic mass is 9.67. The minimum Gasteiger partial charge on any atom is -0.387 e. The van der Waals surface area contributed by atoms with Gasteiger partial charge in [-0.1, -0.05) is 33.8 Å². The predicted octanol–water partition coefficient (Wildman–Crippen LogP) is 4.72. The molecule has 0 N–H and O–H groups in total. The van der Waals surface area contributed by atoms with Crippen LogP contribution in [0.3, 0.4) is 0 Å². The van der Waals surface area contributed by atoms with E-state index in [2.05, 4.69) is 53.1 Å². The molecule has 3 fully saturated rings. The fourth-order valence-corrected chi connectivity index (χ4v) is 12.1. The van der Waals surface area contributed by atoms with Gasteiger partial charge in [0.1, 0.15) is 0 Å². The van der Waals surface area contributed by atoms with Crippen LogP contribution in [0.4, 0.5) is 0 Å². The van der Waals surface area contributed by atoms with E-state index >= 15 is 0 Å². The van der Waals surface area contributed by atoms with E-state index in [4.69, 9.17) is 8.85 Å². The van der Waals surface area contributed by atoms with Gasteiger partial charge in [0.2, 0.25) is 10.0 Å². The van der Waals surface area contributed by atoms with Crippen LogP contribution in [-0.2, 0) is 23.7 Å². The minimum absolute atomic E-state index is 0.0756. The van der Waals surface area contributed by atoms with E-state index in [1.807, 2.05) is 19.9 Å². The van der Waals surface area contributed by atoms with Crippen LogP contribution in [0.25, 0.3) is 0 Å². The number of fused-ring (bicyclic) bond motifs is 1. The van der Waals surface area contributed by atoms with Crippen molar-refractivity contribution in [2.45, 2.75) is 98.1 Å². The van der Waals surface area contributed by atoms with Crippen molar-refractivity contribution < 1.29 is 22.1 Å². The monoisotopic (exact) mass is 499 g/mol. The zero-order chi connectivity index (χ0) is 24.3. The van der Waals surface area contributed by atoms with Crippen LogP contribution in [0.5, 0.6) is 0 Å². The van der Waals surface area contributed by atoms with Crippen LogP contribution in [0.1, 0.15) is 47.0 Å². The lowest BCUT2D eigenvalue weighted by Gasteiger charge is -2.57. The maximum absolute atomic E-state index is 14.1. The third-order valence-electron chi connectivity index (χ3n) is 8.45. The summed E-state index contributed by atoms with van der Waals surface area (Å²) in [4.78, 5) is 14.1. The first kappa shape index (κ1) is 24.6. The highest BCUT2D eigenvalue weighted by Gasteiger charge is 2.73. The molecule has 1 amide bonds. The van der Waals surface area contributed by atoms with Crippen molar-refractivity contribution in [2.75, 3.05) is 5.75 Å². The molecule has 0 radical (unpaired) electrons. The molecule has 4 rings (SSSR count). The summed E-state index contributed by atoms with van der Waals surface area (Å²) in [5, 5.41) is 0. The summed E-state index contributed by atoms with van der Waals surface area (Å²) in [5.74, 6) is -1.08. The Morgan fingerprint density at radius 2 is 1.56 bits per heavy atom. The molecule has 3 aliphatic carbocycles. The number of amides is 1. The van der Waals surface area contributed by atoms with Gasteiger partial charge >= 0.3 is 0 Å². The molecule has 1 heterocycles. The topological polar surface area (TPSA) is 72.9 Å². The van der Waals surface area contributed by atoms with Crippen LogP contribution in [0.15, 0.2) is 11.6 Å². The van der Waals surface area contributed by atoms with Gasteiger partial charge < -0.3 is 8.85 Å². The molecule has 9 heteroatoms. The summed E-state index contributed by atoms with van der Waals surface area (Å²) in [6.45, 7) is 20.9. The van der Waals surface area contributed by atoms with Crippen molar-refractivity contribution in [1.82, 2.24) is 4.31 Å². The fourth-order valence-electron chi connectivity index (χ4n) is 6.95. The van der Waals surface area contributed by atoms with Crippen LogP contribution in [0.2, 0.25) is 39.3 Å². The highest BCUT2D eigenvalue weighted by molar-refractivity contribution is 7.90. The smallest absolute Gasteiger partial charge is 0.268 e. The van der Waals surface area contributed by atoms with Gasteiger partial charge in [-0.2, -0.15) is 0 Å². The van der Waals surface area contributed by atoms with E-state index in [9.17, 15) is 13.2 Å². The Morgan fingerprint density at radius 1 is 1.03 bits per heavy atom. The largest absolute Gasteiger partial charge is 0.387 e. The Balaban J connectivity index is 1.78. The molecule has 2 bridgehead atoms. The summed E-state index contributed by atoms with van der Waals surface area (Å²) in [6, 6.07) is -0.255. The number of rotatable bonds is 5. The second-order valence-electron chi connectivity index (χ2n) is 13.5. The van der Waals surface area contributed by atoms with Crippen LogP contribution >= 0.6 is 0 Å². The Morgan fingerprint density at radius 3 is 2.00 bits per heavy atom. The summed E-state index contributed by atoms with van der Waals surface area (Å²) in [7, 11) is -7.99. The van der Waals surface area contributed by atoms with Gasteiger partial charge in [-0.15, -0.1) is 0 Å². The van der Waals surface area contributed by atoms with Crippen molar-refractivity contribution in [3.63, 3.8) is 0 Å². The molecular formula is C23H41NO5SSi2. The minimum atomic E-state index is -3.70. The SMILES string of the molecule is CC1(C)C=C(C(=O)N2[C@@H]3C[C@H]4CC[C@]3(CS2(=O)=O)C4(C)C)C1(O[Si](C)(C)C)O[Si](C)(C)C. The van der Waals surface area contributed by atoms with Crippen LogP contribution in [0, 0.1) is 22.2 Å². The average molecular weight is 500 g/mol. The molecule has 4 aliphatic rings. The molecule has 1 spiro atoms. The fraction of sp³-hybridized carbons (Fsp3) is 0.870. The standard InChI is InChI=1S/C23H41NO5SSi2/c1-20(2)14-17(23(20,28-31(5,6)7)29-32(8,9)10)19(25)24-18-13-16-11-12-22(18,21(16,3)4)15-30(24,26)27/h14,16,18H,11-13,15H2,1-10H3/t16-,18-,22-/m1/s1. The van der Waals surface area contributed by atoms with Gasteiger partial charge in [-0.25, -0.2) is 12.7 Å². The average Bonchev–Trinajstić information content (AvgIpc) is 3.03. The van der Waals surface area contributed by atoms with Crippen molar-refractivity contribution in [3.8, 4) is 0 Å². The first-order valence-corrected chi connectivity index (χ1v) is 20.3. The molecule has 0 unspecified atom stereocenters. The molecule has 6 nitrogen and oxygen atoms in total. The Labute approximate surface area is 196 Å². The molecule has 0 aromatic carbocycles. The summed E-state index contributed by atoms with van der Waals surface area (Å²) in [6.07, 6.45) is 4.59. The second kappa shape index (κ2) is 6.59. The number of hydrogen-bond donors (Lipinski definition) is 0. The van der Waals surface area contributed by atoms with Crippen molar-refractivity contribution in [2.24, 2.45) is 22.2 Å². The second-order valence-corrected chi connectivity index (χ2v) is 24.3. The quantitative estimate of drug-likeness (QED) is 0.404. The van der Waals surface area contributed by atoms with E-state index in [-0.39, 0.29) is 22.6 Å². The zero-order valence-electron chi connectivity index (χ0n) is 21.5. The first-order chi connectivity index (χ1) is 14.2. The molecule has 3 atom stereocenters. The van der Waals surface area contributed by atoms with E-state index in [0.717, 1.165) is 19.3 Å². The first-order valence-electron chi connectivity index (χ1n) is 11.9. The molecule has 0 aromatic heterocycles. The Kier molecular flexibility index (Phi) is 5.07. The highest BCUT2D eigenvalue weighted by Crippen LogP contribution is 2.70. The molecule has 1 saturated heterocycles. The van der Waals surface area contributed by atoms with Crippen LogP contribution in [-0.4, -0.2) is 52.8 Å². The van der Waals surface area contributed by atoms with E-state index in [1.165, 1.54) is 4.31 Å². The van der Waals surface area contributed by atoms with E-state index in [1.54, 1.807) is 0 Å². The van der Waals surface area contributed by atoms with Crippen LogP contribution < -0.4 is 0 Å². The van der Waals surface area contributed by atoms with Gasteiger partial charge in [-0.3, -0.25) is 4.79 Å². The Bertz CT molecular complexity index is 973. The van der Waals surface area contributed by atoms with Gasteiger partial charge in [0, 0.05) is 10.8 Å².